The zero-order valence-electron chi connectivity index (χ0n) is 16.0. The summed E-state index contributed by atoms with van der Waals surface area (Å²) in [6.07, 6.45) is 6.89. The molecule has 4 nitrogen and oxygen atoms in total. The third-order valence-corrected chi connectivity index (χ3v) is 5.63. The first-order chi connectivity index (χ1) is 12.3. The zero-order valence-corrected chi connectivity index (χ0v) is 16.0. The van der Waals surface area contributed by atoms with E-state index in [0.717, 1.165) is 28.8 Å². The highest BCUT2D eigenvalue weighted by atomic mass is 16.7. The second-order valence-electron chi connectivity index (χ2n) is 8.00. The second-order valence-corrected chi connectivity index (χ2v) is 8.00. The summed E-state index contributed by atoms with van der Waals surface area (Å²) in [5.74, 6) is 1.45. The number of aromatic nitrogens is 1. The highest BCUT2D eigenvalue weighted by Crippen LogP contribution is 2.37. The standard InChI is InChI=1S/C21H24BNO3/c1-14-13-16(24-19-17-8-6-7-15(17)11-12-23-19)9-10-18(14)22-25-20(2,3)21(4,5)26-22/h6-7,9-13H,8H2,1-5H3. The Morgan fingerprint density at radius 2 is 1.81 bits per heavy atom. The quantitative estimate of drug-likeness (QED) is 0.784. The van der Waals surface area contributed by atoms with Crippen molar-refractivity contribution < 1.29 is 14.0 Å². The average molecular weight is 349 g/mol. The minimum atomic E-state index is -0.364. The Morgan fingerprint density at radius 1 is 1.08 bits per heavy atom. The van der Waals surface area contributed by atoms with Crippen LogP contribution in [-0.2, 0) is 15.7 Å². The molecular formula is C21H24BNO3. The normalized spacial score (nSPS) is 19.7. The van der Waals surface area contributed by atoms with Crippen molar-refractivity contribution in [3.63, 3.8) is 0 Å². The molecule has 2 aromatic rings. The fraction of sp³-hybridized carbons (Fsp3) is 0.381. The van der Waals surface area contributed by atoms with Crippen LogP contribution in [0, 0.1) is 6.92 Å². The summed E-state index contributed by atoms with van der Waals surface area (Å²) >= 11 is 0. The van der Waals surface area contributed by atoms with Crippen molar-refractivity contribution in [3.05, 3.63) is 53.2 Å². The molecule has 1 saturated heterocycles. The summed E-state index contributed by atoms with van der Waals surface area (Å²) in [6, 6.07) is 8.01. The van der Waals surface area contributed by atoms with Gasteiger partial charge in [0.05, 0.1) is 11.2 Å². The maximum absolute atomic E-state index is 6.17. The highest BCUT2D eigenvalue weighted by molar-refractivity contribution is 6.62. The van der Waals surface area contributed by atoms with Crippen LogP contribution in [-0.4, -0.2) is 23.3 Å². The number of benzene rings is 1. The third-order valence-electron chi connectivity index (χ3n) is 5.63. The lowest BCUT2D eigenvalue weighted by atomic mass is 9.76. The molecule has 0 unspecified atom stereocenters. The van der Waals surface area contributed by atoms with Gasteiger partial charge in [-0.05, 0) is 75.8 Å². The molecule has 4 rings (SSSR count). The van der Waals surface area contributed by atoms with Gasteiger partial charge >= 0.3 is 7.12 Å². The van der Waals surface area contributed by atoms with Crippen LogP contribution in [0.3, 0.4) is 0 Å². The number of pyridine rings is 1. The van der Waals surface area contributed by atoms with Crippen LogP contribution in [0.5, 0.6) is 11.6 Å². The van der Waals surface area contributed by atoms with E-state index in [1.165, 1.54) is 5.56 Å². The summed E-state index contributed by atoms with van der Waals surface area (Å²) in [5, 5.41) is 0. The molecule has 0 atom stereocenters. The van der Waals surface area contributed by atoms with Crippen molar-refractivity contribution in [3.8, 4) is 11.6 Å². The number of hydrogen-bond donors (Lipinski definition) is 0. The van der Waals surface area contributed by atoms with E-state index in [4.69, 9.17) is 14.0 Å². The monoisotopic (exact) mass is 349 g/mol. The van der Waals surface area contributed by atoms with Crippen molar-refractivity contribution in [1.82, 2.24) is 4.98 Å². The van der Waals surface area contributed by atoms with Crippen molar-refractivity contribution in [2.75, 3.05) is 0 Å². The summed E-state index contributed by atoms with van der Waals surface area (Å²) in [5.41, 5.74) is 3.73. The van der Waals surface area contributed by atoms with Gasteiger partial charge in [-0.1, -0.05) is 18.2 Å². The molecule has 1 aliphatic carbocycles. The van der Waals surface area contributed by atoms with E-state index >= 15 is 0 Å². The smallest absolute Gasteiger partial charge is 0.439 e. The molecule has 5 heteroatoms. The number of allylic oxidation sites excluding steroid dienone is 1. The fourth-order valence-electron chi connectivity index (χ4n) is 3.30. The molecule has 1 aromatic heterocycles. The lowest BCUT2D eigenvalue weighted by molar-refractivity contribution is 0.00578. The van der Waals surface area contributed by atoms with Gasteiger partial charge in [-0.25, -0.2) is 4.98 Å². The van der Waals surface area contributed by atoms with Gasteiger partial charge < -0.3 is 14.0 Å². The molecule has 2 heterocycles. The predicted molar refractivity (Wildman–Crippen MR) is 104 cm³/mol. The van der Waals surface area contributed by atoms with Gasteiger partial charge in [0, 0.05) is 11.8 Å². The molecule has 0 bridgehead atoms. The number of hydrogen-bond acceptors (Lipinski definition) is 4. The molecule has 1 fully saturated rings. The molecule has 134 valence electrons. The summed E-state index contributed by atoms with van der Waals surface area (Å²) in [7, 11) is -0.364. The molecule has 0 N–H and O–H groups in total. The Bertz CT molecular complexity index is 873. The molecular weight excluding hydrogens is 325 g/mol. The van der Waals surface area contributed by atoms with Crippen LogP contribution in [0.4, 0.5) is 0 Å². The number of nitrogens with zero attached hydrogens (tertiary/aromatic N) is 1. The van der Waals surface area contributed by atoms with Crippen LogP contribution in [0.25, 0.3) is 6.08 Å². The van der Waals surface area contributed by atoms with E-state index < -0.39 is 0 Å². The van der Waals surface area contributed by atoms with Crippen molar-refractivity contribution in [1.29, 1.82) is 0 Å². The Kier molecular flexibility index (Phi) is 3.97. The van der Waals surface area contributed by atoms with Gasteiger partial charge in [0.25, 0.3) is 0 Å². The Labute approximate surface area is 155 Å². The van der Waals surface area contributed by atoms with E-state index in [9.17, 15) is 0 Å². The van der Waals surface area contributed by atoms with Gasteiger partial charge in [-0.3, -0.25) is 0 Å². The number of rotatable bonds is 3. The lowest BCUT2D eigenvalue weighted by Gasteiger charge is -2.32. The molecule has 0 amide bonds. The van der Waals surface area contributed by atoms with Gasteiger partial charge in [-0.2, -0.15) is 0 Å². The first kappa shape index (κ1) is 17.3. The first-order valence-electron chi connectivity index (χ1n) is 9.05. The molecule has 1 aromatic carbocycles. The fourth-order valence-corrected chi connectivity index (χ4v) is 3.30. The molecule has 1 aliphatic heterocycles. The van der Waals surface area contributed by atoms with E-state index in [1.54, 1.807) is 6.20 Å². The largest absolute Gasteiger partial charge is 0.495 e. The van der Waals surface area contributed by atoms with Crippen LogP contribution < -0.4 is 10.2 Å². The van der Waals surface area contributed by atoms with E-state index in [2.05, 4.69) is 51.8 Å². The van der Waals surface area contributed by atoms with Gasteiger partial charge in [0.1, 0.15) is 5.75 Å². The van der Waals surface area contributed by atoms with Crippen LogP contribution in [0.1, 0.15) is 44.4 Å². The molecule has 0 radical (unpaired) electrons. The minimum absolute atomic E-state index is 0.346. The van der Waals surface area contributed by atoms with E-state index in [0.29, 0.717) is 5.88 Å². The van der Waals surface area contributed by atoms with E-state index in [-0.39, 0.29) is 18.3 Å². The maximum Gasteiger partial charge on any atom is 0.495 e. The lowest BCUT2D eigenvalue weighted by Crippen LogP contribution is -2.41. The van der Waals surface area contributed by atoms with Crippen molar-refractivity contribution in [2.45, 2.75) is 52.2 Å². The van der Waals surface area contributed by atoms with Gasteiger partial charge in [0.15, 0.2) is 0 Å². The maximum atomic E-state index is 6.17. The van der Waals surface area contributed by atoms with Gasteiger partial charge in [-0.15, -0.1) is 0 Å². The third kappa shape index (κ3) is 2.85. The Hall–Kier alpha value is -2.11. The van der Waals surface area contributed by atoms with Crippen molar-refractivity contribution in [2.24, 2.45) is 0 Å². The molecule has 2 aliphatic rings. The predicted octanol–water partition coefficient (Wildman–Crippen LogP) is 4.05. The van der Waals surface area contributed by atoms with E-state index in [1.807, 2.05) is 24.3 Å². The van der Waals surface area contributed by atoms with Crippen molar-refractivity contribution >= 4 is 18.7 Å². The van der Waals surface area contributed by atoms with Crippen LogP contribution in [0.15, 0.2) is 36.5 Å². The Balaban J connectivity index is 1.57. The molecule has 0 spiro atoms. The highest BCUT2D eigenvalue weighted by Gasteiger charge is 2.52. The summed E-state index contributed by atoms with van der Waals surface area (Å²) in [6.45, 7) is 10.3. The molecule has 0 saturated carbocycles. The number of aryl methyl sites for hydroxylation is 1. The summed E-state index contributed by atoms with van der Waals surface area (Å²) in [4.78, 5) is 4.40. The Morgan fingerprint density at radius 3 is 2.50 bits per heavy atom. The first-order valence-corrected chi connectivity index (χ1v) is 9.05. The minimum Gasteiger partial charge on any atom is -0.439 e. The summed E-state index contributed by atoms with van der Waals surface area (Å²) < 4.78 is 18.4. The average Bonchev–Trinajstić information content (AvgIpc) is 3.10. The molecule has 26 heavy (non-hydrogen) atoms. The SMILES string of the molecule is Cc1cc(Oc2nccc3c2CC=C3)ccc1B1OC(C)(C)C(C)(C)O1. The zero-order chi connectivity index (χ0) is 18.5. The topological polar surface area (TPSA) is 40.6 Å². The van der Waals surface area contributed by atoms with Gasteiger partial charge in [0.2, 0.25) is 5.88 Å². The van der Waals surface area contributed by atoms with Crippen LogP contribution >= 0.6 is 0 Å². The van der Waals surface area contributed by atoms with Crippen LogP contribution in [0.2, 0.25) is 0 Å². The number of fused-ring (bicyclic) bond motifs is 1. The number of ether oxygens (including phenoxy) is 1. The second kappa shape index (κ2) is 5.97.